The van der Waals surface area contributed by atoms with Crippen molar-refractivity contribution in [2.75, 3.05) is 7.11 Å². The molecule has 2 rings (SSSR count). The van der Waals surface area contributed by atoms with Crippen LogP contribution >= 0.6 is 11.8 Å². The average molecular weight is 250 g/mol. The van der Waals surface area contributed by atoms with Gasteiger partial charge in [-0.25, -0.2) is 0 Å². The topological polar surface area (TPSA) is 48.2 Å². The number of methoxy groups -OCH3 is 1. The van der Waals surface area contributed by atoms with Crippen molar-refractivity contribution in [2.24, 2.45) is 0 Å². The number of hydrogen-bond acceptors (Lipinski definition) is 5. The molecule has 0 radical (unpaired) electrons. The Bertz CT molecular complexity index is 445. The molecule has 0 atom stereocenters. The summed E-state index contributed by atoms with van der Waals surface area (Å²) in [5.41, 5.74) is 1.30. The highest BCUT2D eigenvalue weighted by Gasteiger charge is 2.05. The van der Waals surface area contributed by atoms with Gasteiger partial charge in [0.2, 0.25) is 0 Å². The van der Waals surface area contributed by atoms with Crippen molar-refractivity contribution < 1.29 is 9.26 Å². The van der Waals surface area contributed by atoms with Gasteiger partial charge in [-0.1, -0.05) is 35.5 Å². The van der Waals surface area contributed by atoms with E-state index in [1.54, 1.807) is 18.9 Å². The van der Waals surface area contributed by atoms with Crippen molar-refractivity contribution in [2.45, 2.75) is 18.1 Å². The quantitative estimate of drug-likeness (QED) is 0.788. The van der Waals surface area contributed by atoms with Crippen LogP contribution in [0.5, 0.6) is 0 Å². The molecule has 2 aromatic rings. The van der Waals surface area contributed by atoms with Crippen LogP contribution < -0.4 is 0 Å². The zero-order chi connectivity index (χ0) is 11.9. The van der Waals surface area contributed by atoms with E-state index in [2.05, 4.69) is 22.3 Å². The Balaban J connectivity index is 1.78. The Kier molecular flexibility index (Phi) is 4.58. The molecule has 0 spiro atoms. The molecule has 0 aliphatic carbocycles. The van der Waals surface area contributed by atoms with Gasteiger partial charge in [0.1, 0.15) is 6.61 Å². The lowest BCUT2D eigenvalue weighted by atomic mass is 10.2. The molecular weight excluding hydrogens is 236 g/mol. The largest absolute Gasteiger partial charge is 0.375 e. The first-order valence-electron chi connectivity index (χ1n) is 5.30. The number of ether oxygens (including phenoxy) is 1. The third kappa shape index (κ3) is 3.87. The summed E-state index contributed by atoms with van der Waals surface area (Å²) in [6.07, 6.45) is 0. The first-order chi connectivity index (χ1) is 8.38. The number of rotatable bonds is 6. The van der Waals surface area contributed by atoms with Gasteiger partial charge in [-0.15, -0.1) is 11.8 Å². The molecule has 90 valence electrons. The molecular formula is C12H14N2O2S. The van der Waals surface area contributed by atoms with Gasteiger partial charge in [0.05, 0.1) is 5.75 Å². The molecule has 0 aliphatic rings. The Hall–Kier alpha value is -1.33. The summed E-state index contributed by atoms with van der Waals surface area (Å²) in [6.45, 7) is 0.371. The summed E-state index contributed by atoms with van der Waals surface area (Å²) in [5, 5.41) is 3.88. The van der Waals surface area contributed by atoms with Gasteiger partial charge < -0.3 is 9.26 Å². The van der Waals surface area contributed by atoms with Crippen LogP contribution in [0.4, 0.5) is 0 Å². The summed E-state index contributed by atoms with van der Waals surface area (Å²) in [7, 11) is 1.61. The first-order valence-corrected chi connectivity index (χ1v) is 6.46. The van der Waals surface area contributed by atoms with Gasteiger partial charge in [0.15, 0.2) is 5.82 Å². The van der Waals surface area contributed by atoms with Crippen molar-refractivity contribution >= 4 is 11.8 Å². The van der Waals surface area contributed by atoms with Crippen molar-refractivity contribution in [3.63, 3.8) is 0 Å². The highest BCUT2D eigenvalue weighted by atomic mass is 32.2. The molecule has 1 aromatic carbocycles. The van der Waals surface area contributed by atoms with Crippen molar-refractivity contribution in [1.29, 1.82) is 0 Å². The minimum Gasteiger partial charge on any atom is -0.375 e. The van der Waals surface area contributed by atoms with Crippen LogP contribution in [0.15, 0.2) is 34.9 Å². The summed E-state index contributed by atoms with van der Waals surface area (Å²) in [5.74, 6) is 2.96. The fourth-order valence-corrected chi connectivity index (χ4v) is 2.20. The maximum absolute atomic E-state index is 5.01. The fourth-order valence-electron chi connectivity index (χ4n) is 1.37. The van der Waals surface area contributed by atoms with Gasteiger partial charge in [-0.2, -0.15) is 4.98 Å². The normalized spacial score (nSPS) is 10.6. The van der Waals surface area contributed by atoms with Crippen LogP contribution in [0, 0.1) is 0 Å². The standard InChI is InChI=1S/C12H14N2O2S/c1-15-7-12-13-11(14-16-12)9-17-8-10-5-3-2-4-6-10/h2-6H,7-9H2,1H3. The molecule has 5 heteroatoms. The molecule has 0 bridgehead atoms. The lowest BCUT2D eigenvalue weighted by Crippen LogP contribution is -1.89. The van der Waals surface area contributed by atoms with Gasteiger partial charge in [-0.05, 0) is 5.56 Å². The van der Waals surface area contributed by atoms with E-state index in [0.717, 1.165) is 17.3 Å². The third-order valence-corrected chi connectivity index (χ3v) is 3.12. The molecule has 1 heterocycles. The summed E-state index contributed by atoms with van der Waals surface area (Å²) in [6, 6.07) is 10.3. The molecule has 0 unspecified atom stereocenters. The number of nitrogens with zero attached hydrogens (tertiary/aromatic N) is 2. The molecule has 0 aliphatic heterocycles. The zero-order valence-electron chi connectivity index (χ0n) is 9.63. The minimum atomic E-state index is 0.371. The molecule has 1 aromatic heterocycles. The molecule has 0 fully saturated rings. The fraction of sp³-hybridized carbons (Fsp3) is 0.333. The van der Waals surface area contributed by atoms with Crippen molar-refractivity contribution in [1.82, 2.24) is 10.1 Å². The van der Waals surface area contributed by atoms with Gasteiger partial charge in [-0.3, -0.25) is 0 Å². The van der Waals surface area contributed by atoms with Crippen LogP contribution in [-0.2, 0) is 22.8 Å². The molecule has 0 N–H and O–H groups in total. The van der Waals surface area contributed by atoms with E-state index in [1.807, 2.05) is 18.2 Å². The minimum absolute atomic E-state index is 0.371. The lowest BCUT2D eigenvalue weighted by Gasteiger charge is -1.98. The maximum atomic E-state index is 5.01. The SMILES string of the molecule is COCc1nc(CSCc2ccccc2)no1. The van der Waals surface area contributed by atoms with Gasteiger partial charge in [0, 0.05) is 12.9 Å². The van der Waals surface area contributed by atoms with E-state index in [9.17, 15) is 0 Å². The van der Waals surface area contributed by atoms with E-state index in [-0.39, 0.29) is 0 Å². The van der Waals surface area contributed by atoms with E-state index in [1.165, 1.54) is 5.56 Å². The number of thioether (sulfide) groups is 1. The van der Waals surface area contributed by atoms with E-state index in [0.29, 0.717) is 12.5 Å². The van der Waals surface area contributed by atoms with E-state index < -0.39 is 0 Å². The Morgan fingerprint density at radius 2 is 2.06 bits per heavy atom. The molecule has 17 heavy (non-hydrogen) atoms. The smallest absolute Gasteiger partial charge is 0.252 e. The van der Waals surface area contributed by atoms with Crippen LogP contribution in [0.2, 0.25) is 0 Å². The van der Waals surface area contributed by atoms with E-state index in [4.69, 9.17) is 9.26 Å². The van der Waals surface area contributed by atoms with E-state index >= 15 is 0 Å². The highest BCUT2D eigenvalue weighted by Crippen LogP contribution is 2.16. The summed E-state index contributed by atoms with van der Waals surface area (Å²) >= 11 is 1.77. The van der Waals surface area contributed by atoms with Crippen LogP contribution in [-0.4, -0.2) is 17.3 Å². The number of benzene rings is 1. The average Bonchev–Trinajstić information content (AvgIpc) is 2.79. The summed E-state index contributed by atoms with van der Waals surface area (Å²) < 4.78 is 9.92. The number of hydrogen-bond donors (Lipinski definition) is 0. The van der Waals surface area contributed by atoms with Crippen LogP contribution in [0.1, 0.15) is 17.3 Å². The molecule has 4 nitrogen and oxygen atoms in total. The highest BCUT2D eigenvalue weighted by molar-refractivity contribution is 7.97. The molecule has 0 saturated carbocycles. The second kappa shape index (κ2) is 6.42. The molecule has 0 saturated heterocycles. The predicted octanol–water partition coefficient (Wildman–Crippen LogP) is 2.65. The second-order valence-electron chi connectivity index (χ2n) is 3.52. The number of aromatic nitrogens is 2. The Labute approximate surface area is 104 Å². The Morgan fingerprint density at radius 1 is 1.24 bits per heavy atom. The van der Waals surface area contributed by atoms with Crippen molar-refractivity contribution in [3.8, 4) is 0 Å². The maximum Gasteiger partial charge on any atom is 0.252 e. The van der Waals surface area contributed by atoms with Crippen molar-refractivity contribution in [3.05, 3.63) is 47.6 Å². The van der Waals surface area contributed by atoms with Gasteiger partial charge in [0.25, 0.3) is 5.89 Å². The monoisotopic (exact) mass is 250 g/mol. The first kappa shape index (κ1) is 12.1. The second-order valence-corrected chi connectivity index (χ2v) is 4.50. The molecule has 0 amide bonds. The predicted molar refractivity (Wildman–Crippen MR) is 66.5 cm³/mol. The summed E-state index contributed by atoms with van der Waals surface area (Å²) in [4.78, 5) is 4.21. The third-order valence-electron chi connectivity index (χ3n) is 2.12. The van der Waals surface area contributed by atoms with Crippen LogP contribution in [0.25, 0.3) is 0 Å². The van der Waals surface area contributed by atoms with Gasteiger partial charge >= 0.3 is 0 Å². The Morgan fingerprint density at radius 3 is 2.82 bits per heavy atom. The van der Waals surface area contributed by atoms with Crippen LogP contribution in [0.3, 0.4) is 0 Å². The lowest BCUT2D eigenvalue weighted by molar-refractivity contribution is 0.151. The zero-order valence-corrected chi connectivity index (χ0v) is 10.4.